The first-order valence-electron chi connectivity index (χ1n) is 6.43. The summed E-state index contributed by atoms with van der Waals surface area (Å²) in [6.45, 7) is 1.01. The summed E-state index contributed by atoms with van der Waals surface area (Å²) < 4.78 is 22.9. The molecule has 1 aromatic carbocycles. The Balaban J connectivity index is 2.02. The number of hydrogen-bond donors (Lipinski definition) is 1. The second-order valence-electron chi connectivity index (χ2n) is 4.23. The Hall–Kier alpha value is -2.19. The van der Waals surface area contributed by atoms with Gasteiger partial charge in [-0.2, -0.15) is 0 Å². The van der Waals surface area contributed by atoms with E-state index in [0.29, 0.717) is 10.1 Å². The number of carbonyl (C=O) groups excluding carboxylic acids is 3. The zero-order chi connectivity index (χ0) is 17.0. The molecule has 0 bridgehead atoms. The van der Waals surface area contributed by atoms with Crippen LogP contribution in [-0.2, 0) is 14.3 Å². The maximum absolute atomic E-state index is 13.2. The van der Waals surface area contributed by atoms with Gasteiger partial charge in [0.15, 0.2) is 6.61 Å². The number of benzene rings is 1. The van der Waals surface area contributed by atoms with E-state index in [2.05, 4.69) is 4.74 Å². The van der Waals surface area contributed by atoms with Gasteiger partial charge >= 0.3 is 12.1 Å². The van der Waals surface area contributed by atoms with Crippen LogP contribution in [0.4, 0.5) is 9.18 Å². The summed E-state index contributed by atoms with van der Waals surface area (Å²) in [6.07, 6.45) is -0.927. The number of alkyl carbamates (subject to hydrolysis) is 1. The fraction of sp³-hybridized carbons (Fsp3) is 0.214. The number of rotatable bonds is 4. The van der Waals surface area contributed by atoms with Gasteiger partial charge in [0, 0.05) is 10.1 Å². The van der Waals surface area contributed by atoms with E-state index in [9.17, 15) is 18.8 Å². The SMILES string of the molecule is CCOC(=O)NC(=O)COC(=O)c1sc2cc(F)ccc2c1Cl. The first-order valence-corrected chi connectivity index (χ1v) is 7.63. The molecule has 0 saturated carbocycles. The van der Waals surface area contributed by atoms with Crippen LogP contribution < -0.4 is 5.32 Å². The average Bonchev–Trinajstić information content (AvgIpc) is 2.81. The summed E-state index contributed by atoms with van der Waals surface area (Å²) >= 11 is 7.01. The van der Waals surface area contributed by atoms with Gasteiger partial charge in [0.05, 0.1) is 11.6 Å². The topological polar surface area (TPSA) is 81.7 Å². The highest BCUT2D eigenvalue weighted by molar-refractivity contribution is 7.21. The van der Waals surface area contributed by atoms with Gasteiger partial charge < -0.3 is 9.47 Å². The van der Waals surface area contributed by atoms with E-state index in [4.69, 9.17) is 16.3 Å². The van der Waals surface area contributed by atoms with Crippen LogP contribution in [0.3, 0.4) is 0 Å². The summed E-state index contributed by atoms with van der Waals surface area (Å²) in [4.78, 5) is 34.4. The number of carbonyl (C=O) groups is 3. The van der Waals surface area contributed by atoms with Crippen LogP contribution in [0.2, 0.25) is 5.02 Å². The molecule has 0 saturated heterocycles. The predicted molar refractivity (Wildman–Crippen MR) is 82.2 cm³/mol. The second kappa shape index (κ2) is 7.38. The van der Waals surface area contributed by atoms with Crippen molar-refractivity contribution < 1.29 is 28.2 Å². The lowest BCUT2D eigenvalue weighted by Gasteiger charge is -2.05. The number of fused-ring (bicyclic) bond motifs is 1. The Morgan fingerprint density at radius 1 is 1.30 bits per heavy atom. The minimum atomic E-state index is -0.927. The van der Waals surface area contributed by atoms with E-state index in [1.807, 2.05) is 5.32 Å². The van der Waals surface area contributed by atoms with E-state index in [1.165, 1.54) is 18.2 Å². The molecule has 6 nitrogen and oxygen atoms in total. The van der Waals surface area contributed by atoms with Gasteiger partial charge in [-0.3, -0.25) is 10.1 Å². The number of thiophene rings is 1. The van der Waals surface area contributed by atoms with Gasteiger partial charge in [0.25, 0.3) is 5.91 Å². The third-order valence-electron chi connectivity index (χ3n) is 2.63. The number of esters is 1. The minimum absolute atomic E-state index is 0.0520. The van der Waals surface area contributed by atoms with Crippen LogP contribution in [-0.4, -0.2) is 31.2 Å². The van der Waals surface area contributed by atoms with Crippen molar-refractivity contribution >= 4 is 51.0 Å². The van der Waals surface area contributed by atoms with Crippen LogP contribution in [0.15, 0.2) is 18.2 Å². The minimum Gasteiger partial charge on any atom is -0.451 e. The Morgan fingerprint density at radius 2 is 2.04 bits per heavy atom. The first-order chi connectivity index (χ1) is 10.9. The van der Waals surface area contributed by atoms with Crippen molar-refractivity contribution in [2.75, 3.05) is 13.2 Å². The highest BCUT2D eigenvalue weighted by atomic mass is 35.5. The predicted octanol–water partition coefficient (Wildman–Crippen LogP) is 3.12. The van der Waals surface area contributed by atoms with Gasteiger partial charge in [-0.05, 0) is 25.1 Å². The summed E-state index contributed by atoms with van der Waals surface area (Å²) in [7, 11) is 0. The summed E-state index contributed by atoms with van der Waals surface area (Å²) in [6, 6.07) is 3.92. The molecule has 0 aliphatic carbocycles. The molecule has 0 unspecified atom stereocenters. The molecule has 1 heterocycles. The van der Waals surface area contributed by atoms with Crippen LogP contribution >= 0.6 is 22.9 Å². The normalized spacial score (nSPS) is 10.4. The number of hydrogen-bond acceptors (Lipinski definition) is 6. The van der Waals surface area contributed by atoms with Crippen molar-refractivity contribution in [3.63, 3.8) is 0 Å². The van der Waals surface area contributed by atoms with E-state index < -0.39 is 30.4 Å². The van der Waals surface area contributed by atoms with Crippen molar-refractivity contribution in [1.29, 1.82) is 0 Å². The van der Waals surface area contributed by atoms with Gasteiger partial charge in [-0.15, -0.1) is 11.3 Å². The summed E-state index contributed by atoms with van der Waals surface area (Å²) in [5.74, 6) is -2.13. The Kier molecular flexibility index (Phi) is 5.51. The van der Waals surface area contributed by atoms with Crippen molar-refractivity contribution in [2.24, 2.45) is 0 Å². The van der Waals surface area contributed by atoms with Crippen LogP contribution in [0.5, 0.6) is 0 Å². The van der Waals surface area contributed by atoms with E-state index >= 15 is 0 Å². The standard InChI is InChI=1S/C14H11ClFNO5S/c1-2-21-14(20)17-10(18)6-22-13(19)12-11(15)8-4-3-7(16)5-9(8)23-12/h3-5H,2,6H2,1H3,(H,17,18,20). The molecule has 0 aliphatic rings. The molecule has 9 heteroatoms. The molecular formula is C14H11ClFNO5S. The number of nitrogens with one attached hydrogen (secondary N) is 1. The average molecular weight is 360 g/mol. The highest BCUT2D eigenvalue weighted by Crippen LogP contribution is 2.36. The molecule has 2 aromatic rings. The molecule has 2 amide bonds. The van der Waals surface area contributed by atoms with Crippen molar-refractivity contribution in [3.05, 3.63) is 33.9 Å². The lowest BCUT2D eigenvalue weighted by molar-refractivity contribution is -0.123. The second-order valence-corrected chi connectivity index (χ2v) is 5.66. The van der Waals surface area contributed by atoms with E-state index in [0.717, 1.165) is 11.3 Å². The monoisotopic (exact) mass is 359 g/mol. The first kappa shape index (κ1) is 17.2. The Morgan fingerprint density at radius 3 is 2.74 bits per heavy atom. The van der Waals surface area contributed by atoms with E-state index in [-0.39, 0.29) is 16.5 Å². The Labute approximate surface area is 139 Å². The molecule has 2 rings (SSSR count). The van der Waals surface area contributed by atoms with Gasteiger partial charge in [0.1, 0.15) is 10.7 Å². The van der Waals surface area contributed by atoms with Crippen molar-refractivity contribution in [1.82, 2.24) is 5.32 Å². The maximum Gasteiger partial charge on any atom is 0.413 e. The van der Waals surface area contributed by atoms with Crippen LogP contribution in [0.1, 0.15) is 16.6 Å². The fourth-order valence-electron chi connectivity index (χ4n) is 1.68. The van der Waals surface area contributed by atoms with Crippen molar-refractivity contribution in [3.8, 4) is 0 Å². The molecule has 0 aliphatic heterocycles. The summed E-state index contributed by atoms with van der Waals surface area (Å²) in [5, 5.41) is 2.52. The fourth-order valence-corrected chi connectivity index (χ4v) is 3.11. The summed E-state index contributed by atoms with van der Waals surface area (Å²) in [5.41, 5.74) is 0. The zero-order valence-electron chi connectivity index (χ0n) is 11.9. The van der Waals surface area contributed by atoms with Crippen LogP contribution in [0.25, 0.3) is 10.1 Å². The van der Waals surface area contributed by atoms with Gasteiger partial charge in [-0.1, -0.05) is 11.6 Å². The number of imide groups is 1. The third-order valence-corrected chi connectivity index (χ3v) is 4.27. The molecule has 1 aromatic heterocycles. The molecule has 122 valence electrons. The molecule has 0 fully saturated rings. The number of halogens is 2. The van der Waals surface area contributed by atoms with Crippen molar-refractivity contribution in [2.45, 2.75) is 6.92 Å². The molecule has 1 N–H and O–H groups in total. The van der Waals surface area contributed by atoms with Crippen LogP contribution in [0, 0.1) is 5.82 Å². The highest BCUT2D eigenvalue weighted by Gasteiger charge is 2.20. The molecule has 23 heavy (non-hydrogen) atoms. The van der Waals surface area contributed by atoms with Gasteiger partial charge in [0.2, 0.25) is 0 Å². The smallest absolute Gasteiger partial charge is 0.413 e. The maximum atomic E-state index is 13.2. The lowest BCUT2D eigenvalue weighted by atomic mass is 10.2. The zero-order valence-corrected chi connectivity index (χ0v) is 13.4. The number of amides is 2. The molecular weight excluding hydrogens is 349 g/mol. The molecule has 0 spiro atoms. The Bertz CT molecular complexity index is 776. The molecule has 0 radical (unpaired) electrons. The van der Waals surface area contributed by atoms with E-state index in [1.54, 1.807) is 6.92 Å². The number of ether oxygens (including phenoxy) is 2. The van der Waals surface area contributed by atoms with Gasteiger partial charge in [-0.25, -0.2) is 14.0 Å². The molecule has 0 atom stereocenters. The largest absolute Gasteiger partial charge is 0.451 e. The third kappa shape index (κ3) is 4.17. The lowest BCUT2D eigenvalue weighted by Crippen LogP contribution is -2.34. The quantitative estimate of drug-likeness (QED) is 0.848.